The van der Waals surface area contributed by atoms with Crippen LogP contribution in [0.25, 0.3) is 42.7 Å². The van der Waals surface area contributed by atoms with Crippen molar-refractivity contribution >= 4 is 56.4 Å². The van der Waals surface area contributed by atoms with Gasteiger partial charge in [-0.3, -0.25) is 0 Å². The van der Waals surface area contributed by atoms with Crippen LogP contribution in [0.5, 0.6) is 0 Å². The highest BCUT2D eigenvalue weighted by molar-refractivity contribution is 7.22. The monoisotopic (exact) mass is 429 g/mol. The lowest BCUT2D eigenvalue weighted by Crippen LogP contribution is -2.49. The van der Waals surface area contributed by atoms with Crippen LogP contribution in [0.15, 0.2) is 65.1 Å². The fourth-order valence-corrected chi connectivity index (χ4v) is 4.65. The Hall–Kier alpha value is -2.67. The van der Waals surface area contributed by atoms with E-state index < -0.39 is 11.2 Å². The number of benzene rings is 3. The van der Waals surface area contributed by atoms with Gasteiger partial charge in [0.2, 0.25) is 0 Å². The van der Waals surface area contributed by atoms with Crippen molar-refractivity contribution in [1.29, 1.82) is 0 Å². The molecule has 0 spiro atoms. The molecule has 5 rings (SSSR count). The largest absolute Gasteiger partial charge is 0.456 e. The van der Waals surface area contributed by atoms with Crippen molar-refractivity contribution in [2.45, 2.75) is 38.9 Å². The van der Waals surface area contributed by atoms with Crippen LogP contribution in [-0.2, 0) is 4.65 Å². The zero-order chi connectivity index (χ0) is 21.8. The second-order valence-electron chi connectivity index (χ2n) is 8.96. The van der Waals surface area contributed by atoms with E-state index in [1.54, 1.807) is 25.2 Å². The number of aliphatic hydroxyl groups is 1. The van der Waals surface area contributed by atoms with Crippen molar-refractivity contribution in [3.05, 3.63) is 60.7 Å². The van der Waals surface area contributed by atoms with E-state index in [1.165, 1.54) is 0 Å². The molecule has 5 aromatic rings. The van der Waals surface area contributed by atoms with Crippen molar-refractivity contribution in [2.24, 2.45) is 0 Å². The molecule has 0 atom stereocenters. The molecule has 3 aromatic carbocycles. The second kappa shape index (κ2) is 7.19. The second-order valence-corrected chi connectivity index (χ2v) is 9.96. The first-order valence-corrected chi connectivity index (χ1v) is 11.2. The summed E-state index contributed by atoms with van der Waals surface area (Å²) in [5, 5.41) is 13.5. The molecule has 0 aliphatic carbocycles. The summed E-state index contributed by atoms with van der Waals surface area (Å²) in [6, 6.07) is 20.5. The summed E-state index contributed by atoms with van der Waals surface area (Å²) in [5.41, 5.74) is 3.20. The minimum atomic E-state index is -0.940. The third-order valence-electron chi connectivity index (χ3n) is 6.15. The van der Waals surface area contributed by atoms with E-state index in [9.17, 15) is 5.11 Å². The summed E-state index contributed by atoms with van der Waals surface area (Å²) in [7, 11) is 0.401. The van der Waals surface area contributed by atoms with Crippen molar-refractivity contribution in [3.8, 4) is 10.6 Å². The molecule has 156 valence electrons. The topological polar surface area (TPSA) is 55.5 Å². The van der Waals surface area contributed by atoms with Crippen LogP contribution in [0.4, 0.5) is 0 Å². The molecule has 0 radical (unpaired) electrons. The molecular formula is C25H24BNO3S. The summed E-state index contributed by atoms with van der Waals surface area (Å²) in [6.07, 6.45) is 0. The molecule has 31 heavy (non-hydrogen) atoms. The predicted octanol–water partition coefficient (Wildman–Crippen LogP) is 5.41. The molecule has 0 amide bonds. The Balaban J connectivity index is 1.55. The summed E-state index contributed by atoms with van der Waals surface area (Å²) in [5.74, 6) is 0. The fourth-order valence-electron chi connectivity index (χ4n) is 3.52. The maximum Gasteiger partial charge on any atom is 0.309 e. The van der Waals surface area contributed by atoms with Crippen LogP contribution in [0.3, 0.4) is 0 Å². The molecule has 0 aliphatic rings. The predicted molar refractivity (Wildman–Crippen MR) is 131 cm³/mol. The summed E-state index contributed by atoms with van der Waals surface area (Å²) in [4.78, 5) is 4.85. The molecular weight excluding hydrogens is 405 g/mol. The molecule has 0 bridgehead atoms. The zero-order valence-electron chi connectivity index (χ0n) is 18.1. The summed E-state index contributed by atoms with van der Waals surface area (Å²) in [6.45, 7) is 7.33. The van der Waals surface area contributed by atoms with Crippen molar-refractivity contribution in [3.63, 3.8) is 0 Å². The van der Waals surface area contributed by atoms with Crippen molar-refractivity contribution < 1.29 is 14.2 Å². The first-order valence-electron chi connectivity index (χ1n) is 10.4. The van der Waals surface area contributed by atoms with E-state index in [4.69, 9.17) is 14.1 Å². The van der Waals surface area contributed by atoms with Crippen LogP contribution in [0.1, 0.15) is 27.7 Å². The minimum absolute atomic E-state index is 0.401. The van der Waals surface area contributed by atoms with Gasteiger partial charge in [0.1, 0.15) is 16.2 Å². The van der Waals surface area contributed by atoms with Crippen LogP contribution < -0.4 is 5.46 Å². The van der Waals surface area contributed by atoms with E-state index in [0.29, 0.717) is 7.48 Å². The van der Waals surface area contributed by atoms with Gasteiger partial charge < -0.3 is 14.2 Å². The Morgan fingerprint density at radius 2 is 1.74 bits per heavy atom. The van der Waals surface area contributed by atoms with Crippen LogP contribution in [0, 0.1) is 0 Å². The smallest absolute Gasteiger partial charge is 0.309 e. The number of hydrogen-bond acceptors (Lipinski definition) is 5. The lowest BCUT2D eigenvalue weighted by molar-refractivity contribution is -0.0893. The Bertz CT molecular complexity index is 1400. The van der Waals surface area contributed by atoms with E-state index in [0.717, 1.165) is 48.2 Å². The maximum atomic E-state index is 10.3. The first kappa shape index (κ1) is 20.2. The van der Waals surface area contributed by atoms with Crippen LogP contribution >= 0.6 is 11.3 Å². The number of fused-ring (bicyclic) bond motifs is 5. The molecule has 0 aliphatic heterocycles. The Morgan fingerprint density at radius 3 is 2.48 bits per heavy atom. The highest BCUT2D eigenvalue weighted by Gasteiger charge is 2.35. The Morgan fingerprint density at radius 1 is 0.968 bits per heavy atom. The number of nitrogens with zero attached hydrogens (tertiary/aromatic N) is 1. The molecule has 2 aromatic heterocycles. The van der Waals surface area contributed by atoms with Gasteiger partial charge in [-0.2, -0.15) is 0 Å². The van der Waals surface area contributed by atoms with E-state index in [2.05, 4.69) is 24.3 Å². The van der Waals surface area contributed by atoms with Gasteiger partial charge >= 0.3 is 7.48 Å². The quantitative estimate of drug-likeness (QED) is 0.380. The average Bonchev–Trinajstić information content (AvgIpc) is 3.32. The molecule has 0 unspecified atom stereocenters. The molecule has 1 N–H and O–H groups in total. The zero-order valence-corrected chi connectivity index (χ0v) is 18.9. The number of aromatic nitrogens is 1. The van der Waals surface area contributed by atoms with Gasteiger partial charge in [0.25, 0.3) is 0 Å². The number of hydrogen-bond donors (Lipinski definition) is 1. The average molecular weight is 429 g/mol. The van der Waals surface area contributed by atoms with Crippen LogP contribution in [-0.4, -0.2) is 28.8 Å². The van der Waals surface area contributed by atoms with Gasteiger partial charge in [-0.05, 0) is 51.4 Å². The Labute approximate surface area is 185 Å². The third kappa shape index (κ3) is 3.55. The molecule has 0 saturated heterocycles. The van der Waals surface area contributed by atoms with E-state index in [-0.39, 0.29) is 0 Å². The lowest BCUT2D eigenvalue weighted by atomic mass is 9.82. The van der Waals surface area contributed by atoms with Crippen molar-refractivity contribution in [2.75, 3.05) is 0 Å². The molecule has 0 fully saturated rings. The number of furan rings is 1. The molecule has 6 heteroatoms. The van der Waals surface area contributed by atoms with Gasteiger partial charge in [-0.15, -0.1) is 11.3 Å². The molecule has 0 saturated carbocycles. The van der Waals surface area contributed by atoms with Crippen molar-refractivity contribution in [1.82, 2.24) is 4.98 Å². The van der Waals surface area contributed by atoms with E-state index in [1.807, 2.05) is 50.2 Å². The fraction of sp³-hybridized carbons (Fsp3) is 0.240. The highest BCUT2D eigenvalue weighted by atomic mass is 32.1. The summed E-state index contributed by atoms with van der Waals surface area (Å²) < 4.78 is 13.4. The van der Waals surface area contributed by atoms with Gasteiger partial charge in [-0.25, -0.2) is 4.98 Å². The van der Waals surface area contributed by atoms with Gasteiger partial charge in [0.05, 0.1) is 21.4 Å². The normalized spacial score (nSPS) is 12.8. The lowest BCUT2D eigenvalue weighted by Gasteiger charge is -2.37. The number of rotatable bonds is 5. The summed E-state index contributed by atoms with van der Waals surface area (Å²) >= 11 is 1.70. The minimum Gasteiger partial charge on any atom is -0.456 e. The van der Waals surface area contributed by atoms with E-state index >= 15 is 0 Å². The number of thiazole rings is 1. The molecule has 2 heterocycles. The highest BCUT2D eigenvalue weighted by Crippen LogP contribution is 2.39. The third-order valence-corrected chi connectivity index (χ3v) is 7.29. The Kier molecular flexibility index (Phi) is 4.70. The molecule has 4 nitrogen and oxygen atoms in total. The first-order chi connectivity index (χ1) is 14.7. The van der Waals surface area contributed by atoms with Crippen LogP contribution in [0.2, 0.25) is 0 Å². The van der Waals surface area contributed by atoms with Gasteiger partial charge in [0, 0.05) is 16.3 Å². The standard InChI is InChI=1S/C25H24BNO3S/c1-24(2,28)25(3,4)30-26-16-10-11-17-20(14-16)29-19-13-12-18-22(21(17)19)31-23(27-18)15-8-6-5-7-9-15/h5-14,26,28H,1-4H3. The maximum absolute atomic E-state index is 10.3. The van der Waals surface area contributed by atoms with Gasteiger partial charge in [-0.1, -0.05) is 42.5 Å². The van der Waals surface area contributed by atoms with Gasteiger partial charge in [0.15, 0.2) is 0 Å². The SMILES string of the molecule is CC(C)(O)C(C)(C)OBc1ccc2c(c1)oc1ccc3nc(-c4ccccc4)sc3c12.